The van der Waals surface area contributed by atoms with Crippen molar-refractivity contribution in [2.45, 2.75) is 24.8 Å². The first kappa shape index (κ1) is 14.8. The molecule has 1 fully saturated rings. The lowest BCUT2D eigenvalue weighted by atomic mass is 9.93. The highest BCUT2D eigenvalue weighted by Gasteiger charge is 2.51. The molecule has 3 N–H and O–H groups in total. The van der Waals surface area contributed by atoms with Crippen LogP contribution in [0.5, 0.6) is 0 Å². The average molecular weight is 318 g/mol. The van der Waals surface area contributed by atoms with Crippen LogP contribution in [0, 0.1) is 0 Å². The van der Waals surface area contributed by atoms with E-state index < -0.39 is 5.41 Å². The molecule has 1 aliphatic rings. The van der Waals surface area contributed by atoms with Gasteiger partial charge in [0.25, 0.3) is 0 Å². The fourth-order valence-electron chi connectivity index (χ4n) is 3.11. The van der Waals surface area contributed by atoms with Crippen LogP contribution in [-0.4, -0.2) is 16.1 Å². The molecule has 0 unspecified atom stereocenters. The number of nitrogens with one attached hydrogen (secondary N) is 1. The molecule has 0 spiro atoms. The molecule has 0 saturated heterocycles. The molecule has 0 aliphatic heterocycles. The number of hydrogen-bond donors (Lipinski definition) is 2. The van der Waals surface area contributed by atoms with Crippen LogP contribution in [-0.2, 0) is 16.8 Å². The topological polar surface area (TPSA) is 80.9 Å². The Morgan fingerprint density at radius 3 is 2.54 bits per heavy atom. The minimum atomic E-state index is -0.421. The molecule has 0 bridgehead atoms. The van der Waals surface area contributed by atoms with E-state index in [1.165, 1.54) is 0 Å². The van der Waals surface area contributed by atoms with Gasteiger partial charge in [-0.1, -0.05) is 36.4 Å². The number of amides is 1. The van der Waals surface area contributed by atoms with Crippen molar-refractivity contribution in [2.24, 2.45) is 5.73 Å². The first-order chi connectivity index (χ1) is 11.7. The van der Waals surface area contributed by atoms with Crippen LogP contribution in [0.4, 0.5) is 5.69 Å². The maximum atomic E-state index is 12.9. The Morgan fingerprint density at radius 1 is 1.08 bits per heavy atom. The van der Waals surface area contributed by atoms with Crippen molar-refractivity contribution < 1.29 is 4.79 Å². The molecule has 1 aliphatic carbocycles. The normalized spacial score (nSPS) is 15.2. The Hall–Kier alpha value is -2.79. The largest absolute Gasteiger partial charge is 0.326 e. The van der Waals surface area contributed by atoms with Crippen LogP contribution < -0.4 is 11.1 Å². The highest BCUT2D eigenvalue weighted by atomic mass is 16.2. The van der Waals surface area contributed by atoms with Gasteiger partial charge in [-0.05, 0) is 30.0 Å². The second-order valence-corrected chi connectivity index (χ2v) is 6.23. The van der Waals surface area contributed by atoms with Crippen LogP contribution in [0.1, 0.15) is 24.0 Å². The van der Waals surface area contributed by atoms with E-state index >= 15 is 0 Å². The summed E-state index contributed by atoms with van der Waals surface area (Å²) in [5.41, 5.74) is 8.13. The monoisotopic (exact) mass is 318 g/mol. The summed E-state index contributed by atoms with van der Waals surface area (Å²) in [5.74, 6) is 0.0345. The number of benzene rings is 2. The van der Waals surface area contributed by atoms with Gasteiger partial charge in [-0.25, -0.2) is 0 Å². The predicted octanol–water partition coefficient (Wildman–Crippen LogP) is 2.76. The molecular formula is C19H18N4O. The molecule has 1 aromatic heterocycles. The van der Waals surface area contributed by atoms with Gasteiger partial charge in [-0.15, -0.1) is 0 Å². The summed E-state index contributed by atoms with van der Waals surface area (Å²) in [5, 5.41) is 12.7. The van der Waals surface area contributed by atoms with Crippen molar-refractivity contribution in [3.8, 4) is 0 Å². The van der Waals surface area contributed by atoms with E-state index in [1.54, 1.807) is 12.4 Å². The summed E-state index contributed by atoms with van der Waals surface area (Å²) in [4.78, 5) is 12.9. The molecule has 24 heavy (non-hydrogen) atoms. The van der Waals surface area contributed by atoms with E-state index in [-0.39, 0.29) is 5.91 Å². The number of rotatable bonds is 4. The minimum Gasteiger partial charge on any atom is -0.326 e. The number of nitrogens with two attached hydrogens (primary N) is 1. The maximum absolute atomic E-state index is 12.9. The first-order valence-corrected chi connectivity index (χ1v) is 8.03. The third kappa shape index (κ3) is 2.43. The van der Waals surface area contributed by atoms with Gasteiger partial charge in [-0.2, -0.15) is 10.2 Å². The smallest absolute Gasteiger partial charge is 0.235 e. The maximum Gasteiger partial charge on any atom is 0.235 e. The van der Waals surface area contributed by atoms with Gasteiger partial charge in [-0.3, -0.25) is 4.79 Å². The molecule has 5 nitrogen and oxygen atoms in total. The number of anilines is 1. The summed E-state index contributed by atoms with van der Waals surface area (Å²) in [6.07, 6.45) is 5.11. The van der Waals surface area contributed by atoms with E-state index in [0.29, 0.717) is 6.54 Å². The van der Waals surface area contributed by atoms with Crippen LogP contribution in [0.15, 0.2) is 54.9 Å². The van der Waals surface area contributed by atoms with Gasteiger partial charge in [0.1, 0.15) is 0 Å². The van der Waals surface area contributed by atoms with Gasteiger partial charge in [0.05, 0.1) is 23.5 Å². The quantitative estimate of drug-likeness (QED) is 0.775. The Morgan fingerprint density at radius 2 is 1.83 bits per heavy atom. The standard InChI is InChI=1S/C19H18N4O/c20-10-13-4-6-15(7-5-13)19(8-9-19)18(24)23-17-3-1-2-14-11-21-22-12-16(14)17/h1-7,11-12H,8-10,20H2,(H,23,24). The molecule has 0 atom stereocenters. The van der Waals surface area contributed by atoms with E-state index in [2.05, 4.69) is 15.5 Å². The Bertz CT molecular complexity index is 895. The summed E-state index contributed by atoms with van der Waals surface area (Å²) < 4.78 is 0. The zero-order chi connectivity index (χ0) is 16.6. The first-order valence-electron chi connectivity index (χ1n) is 8.03. The highest BCUT2D eigenvalue weighted by Crippen LogP contribution is 2.49. The fraction of sp³-hybridized carbons (Fsp3) is 0.211. The average Bonchev–Trinajstić information content (AvgIpc) is 3.44. The number of carbonyl (C=O) groups excluding carboxylic acids is 1. The fourth-order valence-corrected chi connectivity index (χ4v) is 3.11. The Balaban J connectivity index is 1.63. The van der Waals surface area contributed by atoms with Crippen LogP contribution >= 0.6 is 0 Å². The van der Waals surface area contributed by atoms with Crippen LogP contribution in [0.3, 0.4) is 0 Å². The lowest BCUT2D eigenvalue weighted by molar-refractivity contribution is -0.118. The molecule has 1 heterocycles. The molecule has 0 radical (unpaired) electrons. The number of nitrogens with zero attached hydrogens (tertiary/aromatic N) is 2. The van der Waals surface area contributed by atoms with Crippen LogP contribution in [0.2, 0.25) is 0 Å². The lowest BCUT2D eigenvalue weighted by Crippen LogP contribution is -2.28. The number of aromatic nitrogens is 2. The van der Waals surface area contributed by atoms with E-state index in [0.717, 1.165) is 40.4 Å². The van der Waals surface area contributed by atoms with Crippen molar-refractivity contribution >= 4 is 22.4 Å². The zero-order valence-corrected chi connectivity index (χ0v) is 13.2. The molecule has 3 aromatic rings. The second-order valence-electron chi connectivity index (χ2n) is 6.23. The molecule has 4 rings (SSSR count). The summed E-state index contributed by atoms with van der Waals surface area (Å²) in [6.45, 7) is 0.510. The summed E-state index contributed by atoms with van der Waals surface area (Å²) >= 11 is 0. The summed E-state index contributed by atoms with van der Waals surface area (Å²) in [7, 11) is 0. The van der Waals surface area contributed by atoms with Gasteiger partial charge in [0.15, 0.2) is 0 Å². The summed E-state index contributed by atoms with van der Waals surface area (Å²) in [6, 6.07) is 13.8. The molecule has 5 heteroatoms. The van der Waals surface area contributed by atoms with Crippen molar-refractivity contribution in [2.75, 3.05) is 5.32 Å². The Labute approximate surface area is 139 Å². The van der Waals surface area contributed by atoms with Gasteiger partial charge < -0.3 is 11.1 Å². The molecule has 2 aromatic carbocycles. The zero-order valence-electron chi connectivity index (χ0n) is 13.2. The highest BCUT2D eigenvalue weighted by molar-refractivity contribution is 6.06. The minimum absolute atomic E-state index is 0.0345. The Kier molecular flexibility index (Phi) is 3.50. The van der Waals surface area contributed by atoms with Gasteiger partial charge in [0, 0.05) is 17.3 Å². The van der Waals surface area contributed by atoms with E-state index in [9.17, 15) is 4.79 Å². The second kappa shape index (κ2) is 5.69. The SMILES string of the molecule is NCc1ccc(C2(C(=O)Nc3cccc4cnncc34)CC2)cc1. The van der Waals surface area contributed by atoms with E-state index in [1.807, 2.05) is 42.5 Å². The van der Waals surface area contributed by atoms with Crippen molar-refractivity contribution in [3.05, 3.63) is 66.0 Å². The predicted molar refractivity (Wildman–Crippen MR) is 93.4 cm³/mol. The van der Waals surface area contributed by atoms with Gasteiger partial charge >= 0.3 is 0 Å². The van der Waals surface area contributed by atoms with Crippen molar-refractivity contribution in [1.29, 1.82) is 0 Å². The van der Waals surface area contributed by atoms with Crippen LogP contribution in [0.25, 0.3) is 10.8 Å². The number of fused-ring (bicyclic) bond motifs is 1. The third-order valence-corrected chi connectivity index (χ3v) is 4.77. The molecule has 120 valence electrons. The molecular weight excluding hydrogens is 300 g/mol. The van der Waals surface area contributed by atoms with Crippen molar-refractivity contribution in [3.63, 3.8) is 0 Å². The number of hydrogen-bond acceptors (Lipinski definition) is 4. The molecule has 1 amide bonds. The van der Waals surface area contributed by atoms with Gasteiger partial charge in [0.2, 0.25) is 5.91 Å². The van der Waals surface area contributed by atoms with Crippen molar-refractivity contribution in [1.82, 2.24) is 10.2 Å². The molecule has 1 saturated carbocycles. The number of carbonyl (C=O) groups is 1. The van der Waals surface area contributed by atoms with E-state index in [4.69, 9.17) is 5.73 Å². The lowest BCUT2D eigenvalue weighted by Gasteiger charge is -2.17. The third-order valence-electron chi connectivity index (χ3n) is 4.77.